The Morgan fingerprint density at radius 2 is 2.05 bits per heavy atom. The molecule has 1 aromatic heterocycles. The molecule has 0 aromatic carbocycles. The molecule has 0 radical (unpaired) electrons. The van der Waals surface area contributed by atoms with Crippen molar-refractivity contribution in [3.05, 3.63) is 23.4 Å². The number of aliphatic hydroxyl groups is 2. The highest BCUT2D eigenvalue weighted by molar-refractivity contribution is 5.33. The average Bonchev–Trinajstić information content (AvgIpc) is 2.36. The maximum Gasteiger partial charge on any atom is 0.417 e. The van der Waals surface area contributed by atoms with Gasteiger partial charge in [0.2, 0.25) is 5.88 Å². The molecule has 4 N–H and O–H groups in total. The lowest BCUT2D eigenvalue weighted by Crippen LogP contribution is -2.23. The molecule has 0 bridgehead atoms. The first-order valence-electron chi connectivity index (χ1n) is 5.48. The second-order valence-corrected chi connectivity index (χ2v) is 3.91. The van der Waals surface area contributed by atoms with E-state index in [1.165, 1.54) is 7.11 Å². The maximum atomic E-state index is 12.6. The molecule has 0 aliphatic rings. The topological polar surface area (TPSA) is 88.6 Å². The molecule has 8 heteroatoms. The molecule has 1 rings (SSSR count). The summed E-state index contributed by atoms with van der Waals surface area (Å²) in [5, 5.41) is 19.4. The summed E-state index contributed by atoms with van der Waals surface area (Å²) in [5.74, 6) is -0.170. The van der Waals surface area contributed by atoms with Crippen molar-refractivity contribution in [3.63, 3.8) is 0 Å². The maximum absolute atomic E-state index is 12.6. The third kappa shape index (κ3) is 3.79. The fourth-order valence-corrected chi connectivity index (χ4v) is 1.54. The Bertz CT molecular complexity index is 426. The summed E-state index contributed by atoms with van der Waals surface area (Å²) in [5.41, 5.74) is 3.97. The zero-order valence-electron chi connectivity index (χ0n) is 10.2. The fourth-order valence-electron chi connectivity index (χ4n) is 1.54. The van der Waals surface area contributed by atoms with Gasteiger partial charge in [-0.2, -0.15) is 13.2 Å². The second-order valence-electron chi connectivity index (χ2n) is 3.91. The monoisotopic (exact) mass is 280 g/mol. The van der Waals surface area contributed by atoms with Gasteiger partial charge in [0.1, 0.15) is 6.10 Å². The van der Waals surface area contributed by atoms with Crippen LogP contribution < -0.4 is 10.5 Å². The Morgan fingerprint density at radius 1 is 1.42 bits per heavy atom. The van der Waals surface area contributed by atoms with Crippen LogP contribution in [0.1, 0.15) is 23.7 Å². The Kier molecular flexibility index (Phi) is 5.10. The van der Waals surface area contributed by atoms with Crippen LogP contribution in [-0.4, -0.2) is 35.0 Å². The molecular formula is C11H15F3N2O3. The van der Waals surface area contributed by atoms with E-state index in [4.69, 9.17) is 10.5 Å². The Labute approximate surface area is 107 Å². The van der Waals surface area contributed by atoms with Crippen LogP contribution >= 0.6 is 0 Å². The SMILES string of the molecule is COc1ncc(C(F)(F)F)cc1C(O)C(O)CCN. The summed E-state index contributed by atoms with van der Waals surface area (Å²) in [7, 11) is 1.21. The summed E-state index contributed by atoms with van der Waals surface area (Å²) in [4.78, 5) is 3.48. The van der Waals surface area contributed by atoms with E-state index in [2.05, 4.69) is 4.98 Å². The third-order valence-electron chi connectivity index (χ3n) is 2.55. The number of nitrogens with zero attached hydrogens (tertiary/aromatic N) is 1. The van der Waals surface area contributed by atoms with E-state index in [1.54, 1.807) is 0 Å². The molecule has 0 saturated carbocycles. The predicted molar refractivity (Wildman–Crippen MR) is 60.4 cm³/mol. The molecule has 0 fully saturated rings. The van der Waals surface area contributed by atoms with E-state index in [0.717, 1.165) is 0 Å². The first kappa shape index (κ1) is 15.7. The zero-order valence-corrected chi connectivity index (χ0v) is 10.2. The van der Waals surface area contributed by atoms with Crippen molar-refractivity contribution in [3.8, 4) is 5.88 Å². The minimum Gasteiger partial charge on any atom is -0.481 e. The van der Waals surface area contributed by atoms with Crippen LogP contribution in [0.5, 0.6) is 5.88 Å². The Balaban J connectivity index is 3.15. The highest BCUT2D eigenvalue weighted by Gasteiger charge is 2.33. The van der Waals surface area contributed by atoms with Crippen LogP contribution in [0.25, 0.3) is 0 Å². The number of methoxy groups -OCH3 is 1. The molecule has 2 atom stereocenters. The quantitative estimate of drug-likeness (QED) is 0.744. The lowest BCUT2D eigenvalue weighted by atomic mass is 10.0. The van der Waals surface area contributed by atoms with Gasteiger partial charge in [-0.15, -0.1) is 0 Å². The lowest BCUT2D eigenvalue weighted by molar-refractivity contribution is -0.138. The number of hydrogen-bond donors (Lipinski definition) is 3. The predicted octanol–water partition coefficient (Wildman–Crippen LogP) is 0.852. The first-order valence-corrected chi connectivity index (χ1v) is 5.48. The van der Waals surface area contributed by atoms with Gasteiger partial charge in [-0.1, -0.05) is 0 Å². The van der Waals surface area contributed by atoms with E-state index >= 15 is 0 Å². The summed E-state index contributed by atoms with van der Waals surface area (Å²) in [6, 6.07) is 0.705. The number of nitrogens with two attached hydrogens (primary N) is 1. The molecule has 0 aliphatic heterocycles. The first-order chi connectivity index (χ1) is 8.81. The van der Waals surface area contributed by atoms with E-state index in [0.29, 0.717) is 12.3 Å². The Morgan fingerprint density at radius 3 is 2.53 bits per heavy atom. The van der Waals surface area contributed by atoms with Crippen LogP contribution in [0.3, 0.4) is 0 Å². The number of aliphatic hydroxyl groups excluding tert-OH is 2. The van der Waals surface area contributed by atoms with Gasteiger partial charge in [0.15, 0.2) is 0 Å². The van der Waals surface area contributed by atoms with Crippen molar-refractivity contribution < 1.29 is 28.1 Å². The summed E-state index contributed by atoms with van der Waals surface area (Å²) >= 11 is 0. The molecule has 0 saturated heterocycles. The van der Waals surface area contributed by atoms with Gasteiger partial charge in [-0.05, 0) is 19.0 Å². The van der Waals surface area contributed by atoms with Crippen molar-refractivity contribution in [1.82, 2.24) is 4.98 Å². The van der Waals surface area contributed by atoms with Gasteiger partial charge in [0, 0.05) is 11.8 Å². The van der Waals surface area contributed by atoms with Crippen LogP contribution in [0.2, 0.25) is 0 Å². The van der Waals surface area contributed by atoms with Crippen LogP contribution in [0, 0.1) is 0 Å². The second kappa shape index (κ2) is 6.18. The molecule has 0 amide bonds. The van der Waals surface area contributed by atoms with Gasteiger partial charge in [0.25, 0.3) is 0 Å². The van der Waals surface area contributed by atoms with Crippen molar-refractivity contribution in [2.75, 3.05) is 13.7 Å². The van der Waals surface area contributed by atoms with E-state index in [9.17, 15) is 23.4 Å². The van der Waals surface area contributed by atoms with E-state index < -0.39 is 23.9 Å². The number of hydrogen-bond acceptors (Lipinski definition) is 5. The van der Waals surface area contributed by atoms with Crippen molar-refractivity contribution in [2.24, 2.45) is 5.73 Å². The molecule has 0 aliphatic carbocycles. The van der Waals surface area contributed by atoms with Crippen LogP contribution in [0.4, 0.5) is 13.2 Å². The van der Waals surface area contributed by atoms with Gasteiger partial charge >= 0.3 is 6.18 Å². The number of alkyl halides is 3. The smallest absolute Gasteiger partial charge is 0.417 e. The van der Waals surface area contributed by atoms with E-state index in [-0.39, 0.29) is 24.4 Å². The number of aromatic nitrogens is 1. The molecule has 1 heterocycles. The standard InChI is InChI=1S/C11H15F3N2O3/c1-19-10-7(9(18)8(17)2-3-15)4-6(5-16-10)11(12,13)14/h4-5,8-9,17-18H,2-3,15H2,1H3. The fraction of sp³-hybridized carbons (Fsp3) is 0.545. The number of halogens is 3. The minimum absolute atomic E-state index is 0.0422. The van der Waals surface area contributed by atoms with Gasteiger partial charge in [0.05, 0.1) is 18.8 Å². The Hall–Kier alpha value is -1.38. The van der Waals surface area contributed by atoms with Gasteiger partial charge in [-0.25, -0.2) is 4.98 Å². The average molecular weight is 280 g/mol. The summed E-state index contributed by atoms with van der Waals surface area (Å²) < 4.78 is 42.5. The van der Waals surface area contributed by atoms with Gasteiger partial charge < -0.3 is 20.7 Å². The number of rotatable bonds is 5. The van der Waals surface area contributed by atoms with Crippen molar-refractivity contribution in [2.45, 2.75) is 24.8 Å². The molecule has 0 spiro atoms. The number of ether oxygens (including phenoxy) is 1. The summed E-state index contributed by atoms with van der Waals surface area (Å²) in [6.45, 7) is 0.0902. The molecule has 1 aromatic rings. The third-order valence-corrected chi connectivity index (χ3v) is 2.55. The van der Waals surface area contributed by atoms with Crippen LogP contribution in [-0.2, 0) is 6.18 Å². The molecule has 19 heavy (non-hydrogen) atoms. The highest BCUT2D eigenvalue weighted by Crippen LogP contribution is 2.34. The lowest BCUT2D eigenvalue weighted by Gasteiger charge is -2.20. The van der Waals surface area contributed by atoms with Crippen molar-refractivity contribution in [1.29, 1.82) is 0 Å². The molecular weight excluding hydrogens is 265 g/mol. The minimum atomic E-state index is -4.59. The zero-order chi connectivity index (χ0) is 14.6. The molecule has 5 nitrogen and oxygen atoms in total. The van der Waals surface area contributed by atoms with Crippen molar-refractivity contribution >= 4 is 0 Å². The number of pyridine rings is 1. The molecule has 2 unspecified atom stereocenters. The highest BCUT2D eigenvalue weighted by atomic mass is 19.4. The summed E-state index contributed by atoms with van der Waals surface area (Å²) in [6.07, 6.45) is -6.78. The van der Waals surface area contributed by atoms with Crippen LogP contribution in [0.15, 0.2) is 12.3 Å². The normalized spacial score (nSPS) is 15.1. The largest absolute Gasteiger partial charge is 0.481 e. The molecule has 108 valence electrons. The van der Waals surface area contributed by atoms with Gasteiger partial charge in [-0.3, -0.25) is 0 Å². The van der Waals surface area contributed by atoms with E-state index in [1.807, 2.05) is 0 Å².